The van der Waals surface area contributed by atoms with Crippen LogP contribution < -0.4 is 16.2 Å². The van der Waals surface area contributed by atoms with Gasteiger partial charge in [0.05, 0.1) is 0 Å². The Morgan fingerprint density at radius 3 is 2.80 bits per heavy atom. The molecule has 0 bridgehead atoms. The molecule has 0 aliphatic carbocycles. The van der Waals surface area contributed by atoms with Gasteiger partial charge in [-0.05, 0) is 19.4 Å². The molecule has 1 unspecified atom stereocenters. The van der Waals surface area contributed by atoms with E-state index in [1.54, 1.807) is 17.1 Å². The standard InChI is InChI=1S/C12H20N8/c1-4-6-9(2)19(3)11-15-10(18-13)16-12(17-11)20-8-5-7-14-20/h5,7-9H,4,6,13H2,1-3H3,(H,15,16,17,18). The fraction of sp³-hybridized carbons (Fsp3) is 0.500. The number of nitrogens with zero attached hydrogens (tertiary/aromatic N) is 6. The third-order valence-electron chi connectivity index (χ3n) is 3.13. The Bertz CT molecular complexity index is 538. The van der Waals surface area contributed by atoms with Crippen molar-refractivity contribution >= 4 is 11.9 Å². The van der Waals surface area contributed by atoms with Crippen LogP contribution in [0.5, 0.6) is 0 Å². The van der Waals surface area contributed by atoms with Crippen LogP contribution in [-0.2, 0) is 0 Å². The first kappa shape index (κ1) is 14.2. The Kier molecular flexibility index (Phi) is 4.46. The Hall–Kier alpha value is -2.22. The quantitative estimate of drug-likeness (QED) is 0.599. The minimum atomic E-state index is 0.316. The molecule has 2 aromatic rings. The van der Waals surface area contributed by atoms with Crippen molar-refractivity contribution in [3.05, 3.63) is 18.5 Å². The molecule has 0 saturated carbocycles. The van der Waals surface area contributed by atoms with Crippen molar-refractivity contribution in [3.63, 3.8) is 0 Å². The molecule has 8 heteroatoms. The lowest BCUT2D eigenvalue weighted by atomic mass is 10.2. The van der Waals surface area contributed by atoms with Crippen molar-refractivity contribution < 1.29 is 0 Å². The molecule has 0 aromatic carbocycles. The maximum Gasteiger partial charge on any atom is 0.257 e. The first-order valence-electron chi connectivity index (χ1n) is 6.61. The van der Waals surface area contributed by atoms with Crippen molar-refractivity contribution in [2.45, 2.75) is 32.7 Å². The largest absolute Gasteiger partial charge is 0.341 e. The predicted octanol–water partition coefficient (Wildman–Crippen LogP) is 0.968. The van der Waals surface area contributed by atoms with Gasteiger partial charge in [0.15, 0.2) is 0 Å². The third-order valence-corrected chi connectivity index (χ3v) is 3.13. The Balaban J connectivity index is 2.35. The second-order valence-corrected chi connectivity index (χ2v) is 4.60. The number of aromatic nitrogens is 5. The summed E-state index contributed by atoms with van der Waals surface area (Å²) in [4.78, 5) is 14.9. The van der Waals surface area contributed by atoms with Crippen molar-refractivity contribution in [2.24, 2.45) is 5.84 Å². The Morgan fingerprint density at radius 1 is 1.40 bits per heavy atom. The van der Waals surface area contributed by atoms with Gasteiger partial charge in [-0.1, -0.05) is 13.3 Å². The van der Waals surface area contributed by atoms with E-state index in [1.807, 2.05) is 18.0 Å². The lowest BCUT2D eigenvalue weighted by molar-refractivity contribution is 0.602. The highest BCUT2D eigenvalue weighted by Gasteiger charge is 2.15. The first-order valence-corrected chi connectivity index (χ1v) is 6.61. The molecule has 2 rings (SSSR count). The molecule has 8 nitrogen and oxygen atoms in total. The maximum absolute atomic E-state index is 5.42. The molecule has 0 saturated heterocycles. The van der Waals surface area contributed by atoms with Crippen LogP contribution in [0.25, 0.3) is 5.95 Å². The van der Waals surface area contributed by atoms with Gasteiger partial charge in [-0.2, -0.15) is 20.1 Å². The van der Waals surface area contributed by atoms with E-state index >= 15 is 0 Å². The molecule has 0 amide bonds. The molecule has 108 valence electrons. The zero-order chi connectivity index (χ0) is 14.5. The summed E-state index contributed by atoms with van der Waals surface area (Å²) in [5.41, 5.74) is 2.47. The van der Waals surface area contributed by atoms with Crippen LogP contribution >= 0.6 is 0 Å². The van der Waals surface area contributed by atoms with Crippen LogP contribution in [0.3, 0.4) is 0 Å². The average Bonchev–Trinajstić information content (AvgIpc) is 3.00. The number of hydrazine groups is 1. The topological polar surface area (TPSA) is 97.8 Å². The van der Waals surface area contributed by atoms with Crippen LogP contribution in [-0.4, -0.2) is 37.8 Å². The number of nitrogen functional groups attached to an aromatic ring is 1. The van der Waals surface area contributed by atoms with Crippen molar-refractivity contribution in [1.82, 2.24) is 24.7 Å². The van der Waals surface area contributed by atoms with E-state index in [9.17, 15) is 0 Å². The van der Waals surface area contributed by atoms with Gasteiger partial charge in [-0.25, -0.2) is 10.5 Å². The van der Waals surface area contributed by atoms with Crippen LogP contribution in [0.15, 0.2) is 18.5 Å². The summed E-state index contributed by atoms with van der Waals surface area (Å²) < 4.78 is 1.57. The number of nitrogens with one attached hydrogen (secondary N) is 1. The molecule has 0 aliphatic rings. The molecule has 0 radical (unpaired) electrons. The minimum Gasteiger partial charge on any atom is -0.341 e. The summed E-state index contributed by atoms with van der Waals surface area (Å²) in [6, 6.07) is 2.14. The monoisotopic (exact) mass is 276 g/mol. The van der Waals surface area contributed by atoms with Gasteiger partial charge in [0.25, 0.3) is 5.95 Å². The predicted molar refractivity (Wildman–Crippen MR) is 77.5 cm³/mol. The highest BCUT2D eigenvalue weighted by molar-refractivity contribution is 5.39. The number of anilines is 2. The maximum atomic E-state index is 5.42. The summed E-state index contributed by atoms with van der Waals surface area (Å²) in [5, 5.41) is 4.12. The molecular weight excluding hydrogens is 256 g/mol. The Labute approximate surface area is 118 Å². The lowest BCUT2D eigenvalue weighted by Crippen LogP contribution is -2.31. The van der Waals surface area contributed by atoms with E-state index in [-0.39, 0.29) is 0 Å². The van der Waals surface area contributed by atoms with E-state index < -0.39 is 0 Å². The summed E-state index contributed by atoms with van der Waals surface area (Å²) in [5.74, 6) is 6.74. The van der Waals surface area contributed by atoms with Gasteiger partial charge < -0.3 is 4.90 Å². The summed E-state index contributed by atoms with van der Waals surface area (Å²) >= 11 is 0. The molecule has 0 spiro atoms. The minimum absolute atomic E-state index is 0.316. The zero-order valence-corrected chi connectivity index (χ0v) is 12.0. The van der Waals surface area contributed by atoms with Crippen LogP contribution in [0.2, 0.25) is 0 Å². The molecule has 3 N–H and O–H groups in total. The van der Waals surface area contributed by atoms with E-state index in [4.69, 9.17) is 5.84 Å². The number of rotatable bonds is 6. The highest BCUT2D eigenvalue weighted by Crippen LogP contribution is 2.15. The summed E-state index contributed by atoms with van der Waals surface area (Å²) in [6.07, 6.45) is 5.60. The van der Waals surface area contributed by atoms with E-state index in [2.05, 4.69) is 39.3 Å². The molecule has 20 heavy (non-hydrogen) atoms. The molecule has 2 aromatic heterocycles. The molecule has 0 fully saturated rings. The van der Waals surface area contributed by atoms with Gasteiger partial charge in [-0.3, -0.25) is 5.43 Å². The Morgan fingerprint density at radius 2 is 2.20 bits per heavy atom. The second-order valence-electron chi connectivity index (χ2n) is 4.60. The number of hydrogen-bond donors (Lipinski definition) is 2. The molecule has 1 atom stereocenters. The highest BCUT2D eigenvalue weighted by atomic mass is 15.4. The SMILES string of the molecule is CCCC(C)N(C)c1nc(NN)nc(-n2cccn2)n1. The van der Waals surface area contributed by atoms with Crippen LogP contribution in [0.4, 0.5) is 11.9 Å². The van der Waals surface area contributed by atoms with Gasteiger partial charge in [0.1, 0.15) is 0 Å². The fourth-order valence-electron chi connectivity index (χ4n) is 1.87. The smallest absolute Gasteiger partial charge is 0.257 e. The molecular formula is C12H20N8. The van der Waals surface area contributed by atoms with Crippen molar-refractivity contribution in [2.75, 3.05) is 17.4 Å². The van der Waals surface area contributed by atoms with Crippen molar-refractivity contribution in [1.29, 1.82) is 0 Å². The number of hydrogen-bond acceptors (Lipinski definition) is 7. The molecule has 2 heterocycles. The van der Waals surface area contributed by atoms with E-state index in [0.29, 0.717) is 23.9 Å². The van der Waals surface area contributed by atoms with E-state index in [1.165, 1.54) is 0 Å². The van der Waals surface area contributed by atoms with Crippen LogP contribution in [0, 0.1) is 0 Å². The summed E-state index contributed by atoms with van der Waals surface area (Å²) in [6.45, 7) is 4.29. The third kappa shape index (κ3) is 3.02. The van der Waals surface area contributed by atoms with Gasteiger partial charge >= 0.3 is 0 Å². The van der Waals surface area contributed by atoms with Gasteiger partial charge in [-0.15, -0.1) is 0 Å². The van der Waals surface area contributed by atoms with E-state index in [0.717, 1.165) is 12.8 Å². The van der Waals surface area contributed by atoms with Gasteiger partial charge in [0.2, 0.25) is 11.9 Å². The zero-order valence-electron chi connectivity index (χ0n) is 12.0. The van der Waals surface area contributed by atoms with Crippen molar-refractivity contribution in [3.8, 4) is 5.95 Å². The second kappa shape index (κ2) is 6.29. The summed E-state index contributed by atoms with van der Waals surface area (Å²) in [7, 11) is 1.96. The first-order chi connectivity index (χ1) is 9.65. The van der Waals surface area contributed by atoms with Gasteiger partial charge in [0, 0.05) is 25.5 Å². The molecule has 0 aliphatic heterocycles. The fourth-order valence-corrected chi connectivity index (χ4v) is 1.87. The number of nitrogens with two attached hydrogens (primary N) is 1. The average molecular weight is 276 g/mol. The normalized spacial score (nSPS) is 12.2. The lowest BCUT2D eigenvalue weighted by Gasteiger charge is -2.24. The van der Waals surface area contributed by atoms with Crippen LogP contribution in [0.1, 0.15) is 26.7 Å².